The molecule has 1 heterocycles. The summed E-state index contributed by atoms with van der Waals surface area (Å²) in [5.74, 6) is 0.573. The number of hydrogen-bond acceptors (Lipinski definition) is 4. The SMILES string of the molecule is COc1ccc(OCC2COC(CBr)(c3ccc(Cl)cc3Cl)O2)cc1. The summed E-state index contributed by atoms with van der Waals surface area (Å²) in [6.07, 6.45) is -0.216. The molecule has 134 valence electrons. The van der Waals surface area contributed by atoms with Crippen molar-refractivity contribution in [2.75, 3.05) is 25.7 Å². The molecule has 2 aromatic rings. The van der Waals surface area contributed by atoms with Crippen molar-refractivity contribution in [2.24, 2.45) is 0 Å². The number of ether oxygens (including phenoxy) is 4. The number of hydrogen-bond donors (Lipinski definition) is 0. The second-order valence-corrected chi connectivity index (χ2v) is 6.95. The predicted octanol–water partition coefficient (Wildman–Crippen LogP) is 5.04. The first kappa shape index (κ1) is 18.8. The fourth-order valence-corrected chi connectivity index (χ4v) is 3.74. The van der Waals surface area contributed by atoms with Gasteiger partial charge in [-0.15, -0.1) is 0 Å². The van der Waals surface area contributed by atoms with Crippen molar-refractivity contribution >= 4 is 39.1 Å². The van der Waals surface area contributed by atoms with Gasteiger partial charge in [-0.2, -0.15) is 0 Å². The molecule has 2 aromatic carbocycles. The molecule has 0 spiro atoms. The van der Waals surface area contributed by atoms with Crippen LogP contribution in [0.25, 0.3) is 0 Å². The molecule has 3 rings (SSSR count). The Morgan fingerprint density at radius 3 is 2.52 bits per heavy atom. The van der Waals surface area contributed by atoms with Crippen molar-refractivity contribution in [3.63, 3.8) is 0 Å². The number of methoxy groups -OCH3 is 1. The Morgan fingerprint density at radius 2 is 1.88 bits per heavy atom. The summed E-state index contributed by atoms with van der Waals surface area (Å²) in [7, 11) is 1.63. The van der Waals surface area contributed by atoms with E-state index in [2.05, 4.69) is 15.9 Å². The molecule has 1 fully saturated rings. The number of alkyl halides is 1. The van der Waals surface area contributed by atoms with Gasteiger partial charge in [0.05, 0.1) is 24.1 Å². The van der Waals surface area contributed by atoms with Gasteiger partial charge in [0, 0.05) is 10.6 Å². The van der Waals surface area contributed by atoms with Crippen LogP contribution in [0, 0.1) is 0 Å². The molecule has 0 N–H and O–H groups in total. The third kappa shape index (κ3) is 4.23. The van der Waals surface area contributed by atoms with Crippen molar-refractivity contribution in [1.82, 2.24) is 0 Å². The van der Waals surface area contributed by atoms with Crippen LogP contribution in [0.1, 0.15) is 5.56 Å². The maximum atomic E-state index is 6.32. The molecule has 0 aliphatic carbocycles. The van der Waals surface area contributed by atoms with Gasteiger partial charge in [0.1, 0.15) is 24.2 Å². The van der Waals surface area contributed by atoms with E-state index in [0.29, 0.717) is 28.6 Å². The monoisotopic (exact) mass is 446 g/mol. The Hall–Kier alpha value is -0.980. The quantitative estimate of drug-likeness (QED) is 0.581. The normalized spacial score (nSPS) is 22.8. The van der Waals surface area contributed by atoms with Gasteiger partial charge in [-0.1, -0.05) is 45.2 Å². The topological polar surface area (TPSA) is 36.9 Å². The molecule has 2 unspecified atom stereocenters. The Morgan fingerprint density at radius 1 is 1.16 bits per heavy atom. The van der Waals surface area contributed by atoms with Gasteiger partial charge >= 0.3 is 0 Å². The highest BCUT2D eigenvalue weighted by Crippen LogP contribution is 2.40. The smallest absolute Gasteiger partial charge is 0.206 e. The van der Waals surface area contributed by atoms with Crippen molar-refractivity contribution in [3.05, 3.63) is 58.1 Å². The van der Waals surface area contributed by atoms with E-state index in [0.717, 1.165) is 17.1 Å². The lowest BCUT2D eigenvalue weighted by molar-refractivity contribution is -0.159. The molecule has 7 heteroatoms. The maximum absolute atomic E-state index is 6.32. The second kappa shape index (κ2) is 8.14. The van der Waals surface area contributed by atoms with Crippen LogP contribution in [0.5, 0.6) is 11.5 Å². The average Bonchev–Trinajstić information content (AvgIpc) is 3.05. The summed E-state index contributed by atoms with van der Waals surface area (Å²) in [5.41, 5.74) is 0.738. The number of rotatable bonds is 6. The van der Waals surface area contributed by atoms with E-state index >= 15 is 0 Å². The predicted molar refractivity (Wildman–Crippen MR) is 101 cm³/mol. The minimum Gasteiger partial charge on any atom is -0.497 e. The summed E-state index contributed by atoms with van der Waals surface area (Å²) >= 11 is 15.8. The molecule has 0 radical (unpaired) electrons. The van der Waals surface area contributed by atoms with Crippen LogP contribution < -0.4 is 9.47 Å². The van der Waals surface area contributed by atoms with Crippen LogP contribution in [-0.2, 0) is 15.3 Å². The Labute approximate surface area is 165 Å². The first-order chi connectivity index (χ1) is 12.1. The first-order valence-corrected chi connectivity index (χ1v) is 9.54. The van der Waals surface area contributed by atoms with Gasteiger partial charge in [-0.3, -0.25) is 0 Å². The fourth-order valence-electron chi connectivity index (χ4n) is 2.59. The first-order valence-electron chi connectivity index (χ1n) is 7.66. The van der Waals surface area contributed by atoms with E-state index in [1.54, 1.807) is 19.2 Å². The Bertz CT molecular complexity index is 726. The lowest BCUT2D eigenvalue weighted by atomic mass is 10.1. The molecule has 4 nitrogen and oxygen atoms in total. The Kier molecular flexibility index (Phi) is 6.12. The van der Waals surface area contributed by atoms with Gasteiger partial charge in [0.25, 0.3) is 0 Å². The molecular formula is C18H17BrCl2O4. The number of benzene rings is 2. The van der Waals surface area contributed by atoms with E-state index in [-0.39, 0.29) is 6.10 Å². The van der Waals surface area contributed by atoms with Crippen molar-refractivity contribution < 1.29 is 18.9 Å². The van der Waals surface area contributed by atoms with Crippen molar-refractivity contribution in [3.8, 4) is 11.5 Å². The van der Waals surface area contributed by atoms with Gasteiger partial charge in [-0.25, -0.2) is 0 Å². The zero-order chi connectivity index (χ0) is 17.9. The maximum Gasteiger partial charge on any atom is 0.206 e. The van der Waals surface area contributed by atoms with E-state index in [9.17, 15) is 0 Å². The Balaban J connectivity index is 1.66. The van der Waals surface area contributed by atoms with E-state index < -0.39 is 5.79 Å². The van der Waals surface area contributed by atoms with Gasteiger partial charge in [0.15, 0.2) is 0 Å². The summed E-state index contributed by atoms with van der Waals surface area (Å²) in [6.45, 7) is 0.771. The van der Waals surface area contributed by atoms with Crippen LogP contribution in [0.4, 0.5) is 0 Å². The van der Waals surface area contributed by atoms with Crippen LogP contribution in [-0.4, -0.2) is 31.8 Å². The molecule has 0 bridgehead atoms. The molecule has 0 saturated carbocycles. The van der Waals surface area contributed by atoms with Gasteiger partial charge in [0.2, 0.25) is 5.79 Å². The van der Waals surface area contributed by atoms with Crippen LogP contribution >= 0.6 is 39.1 Å². The summed E-state index contributed by atoms with van der Waals surface area (Å²) < 4.78 is 23.0. The van der Waals surface area contributed by atoms with Gasteiger partial charge in [-0.05, 0) is 36.4 Å². The highest BCUT2D eigenvalue weighted by molar-refractivity contribution is 9.09. The van der Waals surface area contributed by atoms with Crippen molar-refractivity contribution in [1.29, 1.82) is 0 Å². The zero-order valence-electron chi connectivity index (χ0n) is 13.5. The summed E-state index contributed by atoms with van der Waals surface area (Å²) in [5, 5.41) is 1.51. The average molecular weight is 448 g/mol. The largest absolute Gasteiger partial charge is 0.497 e. The van der Waals surface area contributed by atoms with E-state index in [4.69, 9.17) is 42.1 Å². The second-order valence-electron chi connectivity index (χ2n) is 5.55. The highest BCUT2D eigenvalue weighted by Gasteiger charge is 2.44. The van der Waals surface area contributed by atoms with Crippen LogP contribution in [0.3, 0.4) is 0 Å². The molecule has 1 saturated heterocycles. The molecule has 0 aromatic heterocycles. The molecule has 2 atom stereocenters. The van der Waals surface area contributed by atoms with E-state index in [1.807, 2.05) is 30.3 Å². The molecule has 0 amide bonds. The fraction of sp³-hybridized carbons (Fsp3) is 0.333. The lowest BCUT2D eigenvalue weighted by Crippen LogP contribution is -2.31. The minimum atomic E-state index is -0.949. The highest BCUT2D eigenvalue weighted by atomic mass is 79.9. The molecule has 1 aliphatic rings. The third-order valence-corrected chi connectivity index (χ3v) is 5.16. The summed E-state index contributed by atoms with van der Waals surface area (Å²) in [4.78, 5) is 0. The third-order valence-electron chi connectivity index (χ3n) is 3.87. The number of halogens is 3. The molecule has 25 heavy (non-hydrogen) atoms. The molecular weight excluding hydrogens is 431 g/mol. The molecule has 1 aliphatic heterocycles. The van der Waals surface area contributed by atoms with Gasteiger partial charge < -0.3 is 18.9 Å². The summed E-state index contributed by atoms with van der Waals surface area (Å²) in [6, 6.07) is 12.6. The minimum absolute atomic E-state index is 0.216. The van der Waals surface area contributed by atoms with Crippen LogP contribution in [0.15, 0.2) is 42.5 Å². The standard InChI is InChI=1S/C18H17BrCl2O4/c1-22-13-3-5-14(6-4-13)23-9-15-10-24-18(11-19,25-15)16-7-2-12(20)8-17(16)21/h2-8,15H,9-11H2,1H3. The lowest BCUT2D eigenvalue weighted by Gasteiger charge is -2.27. The zero-order valence-corrected chi connectivity index (χ0v) is 16.6. The van der Waals surface area contributed by atoms with Crippen LogP contribution in [0.2, 0.25) is 10.0 Å². The van der Waals surface area contributed by atoms with Crippen molar-refractivity contribution in [2.45, 2.75) is 11.9 Å². The van der Waals surface area contributed by atoms with E-state index in [1.165, 1.54) is 0 Å².